The van der Waals surface area contributed by atoms with Gasteiger partial charge in [0.15, 0.2) is 11.5 Å². The number of hydrazine groups is 1. The van der Waals surface area contributed by atoms with Gasteiger partial charge < -0.3 is 19.5 Å². The standard InChI is InChI=1S/C31H46N4O7S/c1-22(2)18-34(43(39,40)24-13-14-27-28(16-24)42-21-41-27)19-26(36)25(15-23-11-9-8-10-12-23)35(30(38)17-31(3,4)5)32-29(37)20-33(6)7/h8-14,16,22,25-26,36H,15,17-21H2,1-7H3,(H,32,37)/t25?,26-/m1/s1. The van der Waals surface area contributed by atoms with E-state index in [1.54, 1.807) is 25.1 Å². The van der Waals surface area contributed by atoms with Crippen LogP contribution in [-0.4, -0.2) is 92.2 Å². The van der Waals surface area contributed by atoms with Crippen LogP contribution >= 0.6 is 0 Å². The van der Waals surface area contributed by atoms with Crippen LogP contribution in [0.1, 0.15) is 46.6 Å². The van der Waals surface area contributed by atoms with Gasteiger partial charge in [0.1, 0.15) is 0 Å². The van der Waals surface area contributed by atoms with Gasteiger partial charge in [-0.05, 0) is 49.5 Å². The molecule has 12 heteroatoms. The van der Waals surface area contributed by atoms with Gasteiger partial charge in [0.05, 0.1) is 23.6 Å². The number of carbonyl (C=O) groups excluding carboxylic acids is 2. The highest BCUT2D eigenvalue weighted by Gasteiger charge is 2.37. The van der Waals surface area contributed by atoms with E-state index in [4.69, 9.17) is 9.47 Å². The van der Waals surface area contributed by atoms with Gasteiger partial charge in [-0.25, -0.2) is 13.4 Å². The van der Waals surface area contributed by atoms with E-state index in [0.717, 1.165) is 5.56 Å². The lowest BCUT2D eigenvalue weighted by Crippen LogP contribution is -2.60. The Morgan fingerprint density at radius 2 is 1.65 bits per heavy atom. The first kappa shape index (κ1) is 34.3. The lowest BCUT2D eigenvalue weighted by Gasteiger charge is -2.38. The number of aliphatic hydroxyl groups excluding tert-OH is 1. The summed E-state index contributed by atoms with van der Waals surface area (Å²) in [5.74, 6) is -0.0884. The predicted octanol–water partition coefficient (Wildman–Crippen LogP) is 2.89. The second-order valence-electron chi connectivity index (χ2n) is 12.8. The van der Waals surface area contributed by atoms with E-state index in [9.17, 15) is 23.1 Å². The molecular weight excluding hydrogens is 572 g/mol. The van der Waals surface area contributed by atoms with Crippen molar-refractivity contribution >= 4 is 21.8 Å². The summed E-state index contributed by atoms with van der Waals surface area (Å²) in [6.45, 7) is 9.34. The van der Waals surface area contributed by atoms with Crippen LogP contribution in [-0.2, 0) is 26.0 Å². The normalized spacial score (nSPS) is 14.7. The summed E-state index contributed by atoms with van der Waals surface area (Å²) in [7, 11) is -0.616. The Hall–Kier alpha value is -3.19. The Labute approximate surface area is 255 Å². The molecule has 0 aromatic heterocycles. The first-order valence-electron chi connectivity index (χ1n) is 14.4. The van der Waals surface area contributed by atoms with Crippen molar-refractivity contribution in [3.05, 3.63) is 54.1 Å². The summed E-state index contributed by atoms with van der Waals surface area (Å²) in [5.41, 5.74) is 3.14. The Balaban J connectivity index is 2.02. The third-order valence-electron chi connectivity index (χ3n) is 6.66. The molecule has 1 heterocycles. The van der Waals surface area contributed by atoms with E-state index >= 15 is 0 Å². The van der Waals surface area contributed by atoms with E-state index in [1.807, 2.05) is 65.0 Å². The lowest BCUT2D eigenvalue weighted by atomic mass is 9.91. The van der Waals surface area contributed by atoms with Crippen LogP contribution in [0.15, 0.2) is 53.4 Å². The molecule has 0 spiro atoms. The molecule has 1 aliphatic heterocycles. The molecule has 1 aliphatic rings. The zero-order chi connectivity index (χ0) is 31.9. The van der Waals surface area contributed by atoms with Crippen molar-refractivity contribution in [3.63, 3.8) is 0 Å². The highest BCUT2D eigenvalue weighted by Crippen LogP contribution is 2.35. The largest absolute Gasteiger partial charge is 0.454 e. The molecule has 238 valence electrons. The van der Waals surface area contributed by atoms with E-state index in [-0.39, 0.29) is 56.0 Å². The van der Waals surface area contributed by atoms with Gasteiger partial charge in [-0.2, -0.15) is 4.31 Å². The number of hydrogen-bond acceptors (Lipinski definition) is 8. The third kappa shape index (κ3) is 9.92. The number of carbonyl (C=O) groups is 2. The van der Waals surface area contributed by atoms with Crippen LogP contribution in [0.25, 0.3) is 0 Å². The Morgan fingerprint density at radius 1 is 1.00 bits per heavy atom. The number of hydrogen-bond donors (Lipinski definition) is 2. The van der Waals surface area contributed by atoms with Gasteiger partial charge >= 0.3 is 0 Å². The minimum Gasteiger partial charge on any atom is -0.454 e. The molecule has 0 bridgehead atoms. The molecule has 11 nitrogen and oxygen atoms in total. The molecular formula is C31H46N4O7S. The first-order valence-corrected chi connectivity index (χ1v) is 15.9. The molecule has 2 amide bonds. The van der Waals surface area contributed by atoms with Crippen LogP contribution in [0, 0.1) is 11.3 Å². The fraction of sp³-hybridized carbons (Fsp3) is 0.548. The number of sulfonamides is 1. The molecule has 0 aliphatic carbocycles. The fourth-order valence-electron chi connectivity index (χ4n) is 4.78. The first-order chi connectivity index (χ1) is 20.1. The van der Waals surface area contributed by atoms with Crippen LogP contribution in [0.4, 0.5) is 0 Å². The van der Waals surface area contributed by atoms with Crippen molar-refractivity contribution in [3.8, 4) is 11.5 Å². The molecule has 0 saturated carbocycles. The number of fused-ring (bicyclic) bond motifs is 1. The summed E-state index contributed by atoms with van der Waals surface area (Å²) in [6, 6.07) is 12.7. The van der Waals surface area contributed by atoms with E-state index in [2.05, 4.69) is 5.43 Å². The molecule has 0 saturated heterocycles. The second kappa shape index (κ2) is 14.5. The Kier molecular flexibility index (Phi) is 11.6. The second-order valence-corrected chi connectivity index (χ2v) is 14.8. The number of nitrogens with zero attached hydrogens (tertiary/aromatic N) is 3. The molecule has 0 radical (unpaired) electrons. The quantitative estimate of drug-likeness (QED) is 0.328. The van der Waals surface area contributed by atoms with Crippen LogP contribution in [0.5, 0.6) is 11.5 Å². The van der Waals surface area contributed by atoms with E-state index in [1.165, 1.54) is 21.4 Å². The van der Waals surface area contributed by atoms with Crippen molar-refractivity contribution in [2.45, 2.75) is 64.5 Å². The van der Waals surface area contributed by atoms with Crippen LogP contribution in [0.2, 0.25) is 0 Å². The molecule has 1 unspecified atom stereocenters. The Morgan fingerprint density at radius 3 is 2.26 bits per heavy atom. The maximum absolute atomic E-state index is 13.9. The van der Waals surface area contributed by atoms with Crippen molar-refractivity contribution in [1.82, 2.24) is 19.6 Å². The number of ether oxygens (including phenoxy) is 2. The SMILES string of the molecule is CC(C)CN(C[C@@H](O)C(Cc1ccccc1)N(NC(=O)CN(C)C)C(=O)CC(C)(C)C)S(=O)(=O)c1ccc2c(c1)OCO2. The number of amides is 2. The molecule has 43 heavy (non-hydrogen) atoms. The van der Waals surface area contributed by atoms with Gasteiger partial charge in [0.2, 0.25) is 22.7 Å². The summed E-state index contributed by atoms with van der Waals surface area (Å²) < 4.78 is 39.8. The highest BCUT2D eigenvalue weighted by molar-refractivity contribution is 7.89. The van der Waals surface area contributed by atoms with E-state index < -0.39 is 33.5 Å². The van der Waals surface area contributed by atoms with Gasteiger partial charge in [-0.1, -0.05) is 65.0 Å². The summed E-state index contributed by atoms with van der Waals surface area (Å²) in [6.07, 6.45) is -1.08. The number of likely N-dealkylation sites (N-methyl/N-ethyl adjacent to an activating group) is 1. The number of benzene rings is 2. The lowest BCUT2D eigenvalue weighted by molar-refractivity contribution is -0.149. The van der Waals surface area contributed by atoms with Gasteiger partial charge in [-0.3, -0.25) is 15.0 Å². The summed E-state index contributed by atoms with van der Waals surface area (Å²) in [5, 5.41) is 13.0. The highest BCUT2D eigenvalue weighted by atomic mass is 32.2. The molecule has 2 atom stereocenters. The number of aliphatic hydroxyl groups is 1. The average Bonchev–Trinajstić information content (AvgIpc) is 3.37. The van der Waals surface area contributed by atoms with Gasteiger partial charge in [-0.15, -0.1) is 0 Å². The minimum absolute atomic E-state index is 0.00385. The van der Waals surface area contributed by atoms with Crippen molar-refractivity contribution in [2.75, 3.05) is 40.5 Å². The zero-order valence-electron chi connectivity index (χ0n) is 26.2. The zero-order valence-corrected chi connectivity index (χ0v) is 27.1. The summed E-state index contributed by atoms with van der Waals surface area (Å²) in [4.78, 5) is 28.4. The molecule has 2 aromatic rings. The van der Waals surface area contributed by atoms with Crippen LogP contribution < -0.4 is 14.9 Å². The number of nitrogens with one attached hydrogen (secondary N) is 1. The fourth-order valence-corrected chi connectivity index (χ4v) is 6.41. The molecule has 2 N–H and O–H groups in total. The predicted molar refractivity (Wildman–Crippen MR) is 164 cm³/mol. The van der Waals surface area contributed by atoms with E-state index in [0.29, 0.717) is 11.5 Å². The van der Waals surface area contributed by atoms with Crippen molar-refractivity contribution in [2.24, 2.45) is 11.3 Å². The third-order valence-corrected chi connectivity index (χ3v) is 8.49. The monoisotopic (exact) mass is 618 g/mol. The van der Waals surface area contributed by atoms with Gasteiger partial charge in [0.25, 0.3) is 5.91 Å². The van der Waals surface area contributed by atoms with Crippen molar-refractivity contribution in [1.29, 1.82) is 0 Å². The maximum atomic E-state index is 13.9. The van der Waals surface area contributed by atoms with Gasteiger partial charge in [0, 0.05) is 25.6 Å². The number of rotatable bonds is 13. The maximum Gasteiger partial charge on any atom is 0.252 e. The molecule has 0 fully saturated rings. The van der Waals surface area contributed by atoms with Crippen LogP contribution in [0.3, 0.4) is 0 Å². The minimum atomic E-state index is -4.09. The average molecular weight is 619 g/mol. The smallest absolute Gasteiger partial charge is 0.252 e. The molecule has 2 aromatic carbocycles. The van der Waals surface area contributed by atoms with Crippen molar-refractivity contribution < 1.29 is 32.6 Å². The topological polar surface area (TPSA) is 129 Å². The Bertz CT molecular complexity index is 1340. The summed E-state index contributed by atoms with van der Waals surface area (Å²) >= 11 is 0. The molecule has 3 rings (SSSR count).